The summed E-state index contributed by atoms with van der Waals surface area (Å²) in [7, 11) is 2.86. The summed E-state index contributed by atoms with van der Waals surface area (Å²) in [6.07, 6.45) is 2.95. The number of pyridine rings is 1. The highest BCUT2D eigenvalue weighted by atomic mass is 16.5. The number of phenols is 1. The van der Waals surface area contributed by atoms with Crippen LogP contribution < -0.4 is 15.8 Å². The van der Waals surface area contributed by atoms with Gasteiger partial charge in [-0.1, -0.05) is 6.07 Å². The first-order valence-corrected chi connectivity index (χ1v) is 6.78. The Kier molecular flexibility index (Phi) is 4.96. The van der Waals surface area contributed by atoms with Gasteiger partial charge in [0.05, 0.1) is 25.4 Å². The predicted octanol–water partition coefficient (Wildman–Crippen LogP) is 1.69. The van der Waals surface area contributed by atoms with Gasteiger partial charge < -0.3 is 15.6 Å². The summed E-state index contributed by atoms with van der Waals surface area (Å²) in [5, 5.41) is 12.5. The maximum Gasteiger partial charge on any atom is 0.261 e. The number of nitrogens with two attached hydrogens (primary N) is 1. The van der Waals surface area contributed by atoms with Crippen molar-refractivity contribution in [3.05, 3.63) is 47.6 Å². The number of phenolic OH excluding ortho intramolecular Hbond substituents is 1. The van der Waals surface area contributed by atoms with Crippen LogP contribution in [0.4, 0.5) is 5.69 Å². The molecule has 0 saturated carbocycles. The molecule has 0 spiro atoms. The third-order valence-corrected chi connectivity index (χ3v) is 3.27. The molecular formula is C16H15N5O3. The van der Waals surface area contributed by atoms with Gasteiger partial charge in [0.25, 0.3) is 5.91 Å². The van der Waals surface area contributed by atoms with Crippen molar-refractivity contribution in [2.45, 2.75) is 0 Å². The van der Waals surface area contributed by atoms with Crippen LogP contribution in [0.15, 0.2) is 35.6 Å². The van der Waals surface area contributed by atoms with Crippen molar-refractivity contribution in [2.24, 2.45) is 10.7 Å². The van der Waals surface area contributed by atoms with E-state index < -0.39 is 5.91 Å². The smallest absolute Gasteiger partial charge is 0.261 e. The number of ether oxygens (including phenoxy) is 1. The molecule has 1 aromatic carbocycles. The Morgan fingerprint density at radius 2 is 2.21 bits per heavy atom. The molecule has 0 aliphatic rings. The molecule has 24 heavy (non-hydrogen) atoms. The average Bonchev–Trinajstić information content (AvgIpc) is 2.60. The minimum Gasteiger partial charge on any atom is -0.507 e. The molecule has 8 heteroatoms. The maximum atomic E-state index is 12.5. The van der Waals surface area contributed by atoms with E-state index in [2.05, 4.69) is 20.1 Å². The lowest BCUT2D eigenvalue weighted by Crippen LogP contribution is -2.36. The van der Waals surface area contributed by atoms with E-state index in [-0.39, 0.29) is 28.5 Å². The van der Waals surface area contributed by atoms with E-state index in [4.69, 9.17) is 17.0 Å². The van der Waals surface area contributed by atoms with Crippen LogP contribution in [0, 0.1) is 6.57 Å². The third kappa shape index (κ3) is 3.10. The number of aromatic nitrogens is 1. The number of hydrogen-bond donors (Lipinski definition) is 3. The number of nitrogens with one attached hydrogen (secondary N) is 1. The number of guanidine groups is 1. The van der Waals surface area contributed by atoms with Crippen LogP contribution in [0.3, 0.4) is 0 Å². The molecule has 0 aliphatic carbocycles. The van der Waals surface area contributed by atoms with Crippen molar-refractivity contribution in [1.29, 1.82) is 0 Å². The molecule has 2 rings (SSSR count). The molecule has 4 N–H and O–H groups in total. The van der Waals surface area contributed by atoms with Crippen LogP contribution in [-0.2, 0) is 0 Å². The zero-order chi connectivity index (χ0) is 17.7. The molecule has 1 amide bonds. The largest absolute Gasteiger partial charge is 0.507 e. The summed E-state index contributed by atoms with van der Waals surface area (Å²) in [6.45, 7) is 7.35. The van der Waals surface area contributed by atoms with Crippen molar-refractivity contribution < 1.29 is 14.6 Å². The minimum absolute atomic E-state index is 0.0976. The van der Waals surface area contributed by atoms with E-state index in [1.807, 2.05) is 0 Å². The van der Waals surface area contributed by atoms with Gasteiger partial charge in [-0.2, -0.15) is 0 Å². The molecule has 0 aliphatic heterocycles. The molecular weight excluding hydrogens is 310 g/mol. The SMILES string of the molecule is [C-]#[N+]c1ccc(O)c(C(=O)NC(N)=NC)c1-c1ccncc1OC. The van der Waals surface area contributed by atoms with Crippen LogP contribution in [0.5, 0.6) is 11.5 Å². The Hall–Kier alpha value is -3.60. The molecule has 0 bridgehead atoms. The fraction of sp³-hybridized carbons (Fsp3) is 0.125. The van der Waals surface area contributed by atoms with Crippen molar-refractivity contribution >= 4 is 17.6 Å². The molecule has 122 valence electrons. The van der Waals surface area contributed by atoms with Crippen LogP contribution in [-0.4, -0.2) is 36.1 Å². The number of hydrogen-bond acceptors (Lipinski definition) is 5. The van der Waals surface area contributed by atoms with Gasteiger partial charge in [-0.25, -0.2) is 4.85 Å². The van der Waals surface area contributed by atoms with Gasteiger partial charge in [-0.3, -0.25) is 20.1 Å². The van der Waals surface area contributed by atoms with E-state index in [0.717, 1.165) is 0 Å². The van der Waals surface area contributed by atoms with Gasteiger partial charge in [0.2, 0.25) is 0 Å². The van der Waals surface area contributed by atoms with Gasteiger partial charge in [0.1, 0.15) is 11.5 Å². The fourth-order valence-electron chi connectivity index (χ4n) is 2.16. The normalized spacial score (nSPS) is 10.8. The molecule has 2 aromatic rings. The standard InChI is InChI=1S/C16H15N5O3/c1-18-10-4-5-11(22)14(15(23)21-16(17)19-2)13(10)9-6-7-20-8-12(9)24-3/h4-8,22H,2-3H3,(H3,17,19,21,23). The first-order valence-electron chi connectivity index (χ1n) is 6.78. The summed E-state index contributed by atoms with van der Waals surface area (Å²) >= 11 is 0. The second kappa shape index (κ2) is 7.11. The number of carbonyl (C=O) groups excluding carboxylic acids is 1. The van der Waals surface area contributed by atoms with Crippen molar-refractivity contribution in [1.82, 2.24) is 10.3 Å². The monoisotopic (exact) mass is 325 g/mol. The number of nitrogens with zero attached hydrogens (tertiary/aromatic N) is 3. The van der Waals surface area contributed by atoms with Crippen LogP contribution in [0.25, 0.3) is 16.0 Å². The Morgan fingerprint density at radius 1 is 1.46 bits per heavy atom. The molecule has 0 saturated heterocycles. The van der Waals surface area contributed by atoms with Gasteiger partial charge in [0.15, 0.2) is 11.6 Å². The average molecular weight is 325 g/mol. The minimum atomic E-state index is -0.685. The molecule has 1 heterocycles. The van der Waals surface area contributed by atoms with Gasteiger partial charge in [0, 0.05) is 24.4 Å². The second-order valence-corrected chi connectivity index (χ2v) is 4.60. The highest BCUT2D eigenvalue weighted by Crippen LogP contribution is 2.41. The number of benzene rings is 1. The summed E-state index contributed by atoms with van der Waals surface area (Å²) in [5.41, 5.74) is 6.27. The summed E-state index contributed by atoms with van der Waals surface area (Å²) in [4.78, 5) is 23.5. The Bertz CT molecular complexity index is 855. The zero-order valence-electron chi connectivity index (χ0n) is 13.1. The molecule has 0 unspecified atom stereocenters. The lowest BCUT2D eigenvalue weighted by Gasteiger charge is -2.15. The quantitative estimate of drug-likeness (QED) is 0.451. The Balaban J connectivity index is 2.76. The predicted molar refractivity (Wildman–Crippen MR) is 89.2 cm³/mol. The summed E-state index contributed by atoms with van der Waals surface area (Å²) < 4.78 is 5.25. The van der Waals surface area contributed by atoms with Crippen molar-refractivity contribution in [2.75, 3.05) is 14.2 Å². The zero-order valence-corrected chi connectivity index (χ0v) is 13.1. The molecule has 0 fully saturated rings. The van der Waals surface area contributed by atoms with E-state index in [0.29, 0.717) is 11.3 Å². The van der Waals surface area contributed by atoms with E-state index in [1.54, 1.807) is 6.07 Å². The topological polar surface area (TPSA) is 114 Å². The molecule has 0 radical (unpaired) electrons. The summed E-state index contributed by atoms with van der Waals surface area (Å²) in [5.74, 6) is -0.730. The number of rotatable bonds is 3. The lowest BCUT2D eigenvalue weighted by atomic mass is 9.96. The number of methoxy groups -OCH3 is 1. The number of aliphatic imine (C=N–C) groups is 1. The Labute approximate surface area is 138 Å². The highest BCUT2D eigenvalue weighted by Gasteiger charge is 2.23. The van der Waals surface area contributed by atoms with Crippen LogP contribution in [0.2, 0.25) is 0 Å². The molecule has 8 nitrogen and oxygen atoms in total. The number of carbonyl (C=O) groups is 1. The third-order valence-electron chi connectivity index (χ3n) is 3.27. The first-order chi connectivity index (χ1) is 11.5. The van der Waals surface area contributed by atoms with Crippen molar-refractivity contribution in [3.63, 3.8) is 0 Å². The molecule has 0 atom stereocenters. The van der Waals surface area contributed by atoms with E-state index >= 15 is 0 Å². The molecule has 1 aromatic heterocycles. The van der Waals surface area contributed by atoms with Gasteiger partial charge in [-0.05, 0) is 12.1 Å². The van der Waals surface area contributed by atoms with Gasteiger partial charge >= 0.3 is 0 Å². The van der Waals surface area contributed by atoms with E-state index in [1.165, 1.54) is 38.7 Å². The van der Waals surface area contributed by atoms with Gasteiger partial charge in [-0.15, -0.1) is 0 Å². The maximum absolute atomic E-state index is 12.5. The lowest BCUT2D eigenvalue weighted by molar-refractivity contribution is 0.0974. The number of aromatic hydroxyl groups is 1. The Morgan fingerprint density at radius 3 is 2.83 bits per heavy atom. The van der Waals surface area contributed by atoms with Crippen LogP contribution in [0.1, 0.15) is 10.4 Å². The second-order valence-electron chi connectivity index (χ2n) is 4.60. The van der Waals surface area contributed by atoms with E-state index in [9.17, 15) is 9.90 Å². The highest BCUT2D eigenvalue weighted by molar-refractivity contribution is 6.12. The van der Waals surface area contributed by atoms with Crippen molar-refractivity contribution in [3.8, 4) is 22.6 Å². The first kappa shape index (κ1) is 16.8. The summed E-state index contributed by atoms with van der Waals surface area (Å²) in [6, 6.07) is 4.29. The van der Waals surface area contributed by atoms with Crippen LogP contribution >= 0.6 is 0 Å². The number of amides is 1. The fourth-order valence-corrected chi connectivity index (χ4v) is 2.16.